The molecule has 2 aromatic carbocycles. The Kier molecular flexibility index (Phi) is 6.47. The molecule has 0 atom stereocenters. The van der Waals surface area contributed by atoms with Crippen LogP contribution in [-0.2, 0) is 14.3 Å². The van der Waals surface area contributed by atoms with Crippen LogP contribution in [0.5, 0.6) is 0 Å². The third-order valence-electron chi connectivity index (χ3n) is 4.28. The molecule has 0 bridgehead atoms. The fraction of sp³-hybridized carbons (Fsp3) is 0.0870. The summed E-state index contributed by atoms with van der Waals surface area (Å²) in [7, 11) is 0. The van der Waals surface area contributed by atoms with Crippen molar-refractivity contribution in [2.75, 3.05) is 11.9 Å². The van der Waals surface area contributed by atoms with Gasteiger partial charge >= 0.3 is 5.97 Å². The fourth-order valence-electron chi connectivity index (χ4n) is 2.80. The lowest BCUT2D eigenvalue weighted by molar-refractivity contribution is -0.142. The normalized spacial score (nSPS) is 11.2. The lowest BCUT2D eigenvalue weighted by Gasteiger charge is -2.06. The molecule has 2 heterocycles. The van der Waals surface area contributed by atoms with Gasteiger partial charge in [0.2, 0.25) is 0 Å². The number of halogens is 1. The van der Waals surface area contributed by atoms with Crippen LogP contribution in [0.2, 0.25) is 0 Å². The van der Waals surface area contributed by atoms with Crippen LogP contribution in [-0.4, -0.2) is 23.5 Å². The van der Waals surface area contributed by atoms with E-state index in [-0.39, 0.29) is 6.61 Å². The van der Waals surface area contributed by atoms with E-state index in [1.807, 2.05) is 46.9 Å². The van der Waals surface area contributed by atoms with Gasteiger partial charge in [0.1, 0.15) is 10.8 Å². The Morgan fingerprint density at radius 2 is 1.97 bits per heavy atom. The molecule has 0 saturated carbocycles. The van der Waals surface area contributed by atoms with Gasteiger partial charge in [-0.15, -0.1) is 11.3 Å². The molecule has 0 aliphatic rings. The smallest absolute Gasteiger partial charge is 0.331 e. The lowest BCUT2D eigenvalue weighted by Crippen LogP contribution is -2.20. The van der Waals surface area contributed by atoms with Crippen molar-refractivity contribution >= 4 is 67.8 Å². The molecule has 4 aromatic rings. The van der Waals surface area contributed by atoms with E-state index < -0.39 is 11.9 Å². The van der Waals surface area contributed by atoms with Crippen molar-refractivity contribution in [3.05, 3.63) is 75.8 Å². The molecule has 0 aliphatic heterocycles. The van der Waals surface area contributed by atoms with Crippen LogP contribution in [0, 0.1) is 10.7 Å². The van der Waals surface area contributed by atoms with Crippen LogP contribution in [0.4, 0.5) is 5.69 Å². The van der Waals surface area contributed by atoms with Gasteiger partial charge in [-0.3, -0.25) is 4.79 Å². The number of ether oxygens (including phenoxy) is 1. The quantitative estimate of drug-likeness (QED) is 0.192. The second kappa shape index (κ2) is 9.44. The highest BCUT2D eigenvalue weighted by molar-refractivity contribution is 14.1. The van der Waals surface area contributed by atoms with Crippen LogP contribution >= 0.6 is 33.9 Å². The summed E-state index contributed by atoms with van der Waals surface area (Å²) in [5.41, 5.74) is 3.76. The molecule has 6 nitrogen and oxygen atoms in total. The maximum Gasteiger partial charge on any atom is 0.331 e. The van der Waals surface area contributed by atoms with E-state index in [4.69, 9.17) is 9.15 Å². The first-order chi connectivity index (χ1) is 15.0. The molecule has 2 aromatic heterocycles. The molecule has 0 unspecified atom stereocenters. The average Bonchev–Trinajstić information content (AvgIpc) is 3.36. The van der Waals surface area contributed by atoms with Gasteiger partial charge in [0.25, 0.3) is 5.91 Å². The Labute approximate surface area is 196 Å². The largest absolute Gasteiger partial charge is 0.452 e. The predicted molar refractivity (Wildman–Crippen MR) is 130 cm³/mol. The Morgan fingerprint density at radius 1 is 1.16 bits per heavy atom. The number of carbonyl (C=O) groups excluding carboxylic acids is 2. The number of thiazole rings is 1. The second-order valence-corrected chi connectivity index (χ2v) is 8.79. The molecule has 0 radical (unpaired) electrons. The summed E-state index contributed by atoms with van der Waals surface area (Å²) in [6, 6.07) is 17.1. The molecule has 4 rings (SSSR count). The van der Waals surface area contributed by atoms with Gasteiger partial charge in [-0.2, -0.15) is 0 Å². The average molecular weight is 544 g/mol. The maximum absolute atomic E-state index is 12.1. The molecule has 8 heteroatoms. The number of amides is 1. The Bertz CT molecular complexity index is 1270. The van der Waals surface area contributed by atoms with Gasteiger partial charge in [0.15, 0.2) is 10.4 Å². The van der Waals surface area contributed by atoms with E-state index in [1.165, 1.54) is 17.7 Å². The van der Waals surface area contributed by atoms with Crippen LogP contribution in [0.1, 0.15) is 11.3 Å². The van der Waals surface area contributed by atoms with Gasteiger partial charge < -0.3 is 14.5 Å². The summed E-state index contributed by atoms with van der Waals surface area (Å²) in [6.45, 7) is 1.68. The zero-order valence-electron chi connectivity index (χ0n) is 16.4. The van der Waals surface area contributed by atoms with E-state index in [1.54, 1.807) is 35.6 Å². The molecular formula is C23H17IN2O4S. The van der Waals surface area contributed by atoms with E-state index in [2.05, 4.69) is 23.3 Å². The number of aryl methyl sites for hydroxylation is 1. The van der Waals surface area contributed by atoms with Crippen molar-refractivity contribution in [1.29, 1.82) is 0 Å². The minimum atomic E-state index is -0.622. The summed E-state index contributed by atoms with van der Waals surface area (Å²) < 4.78 is 12.1. The topological polar surface area (TPSA) is 81.4 Å². The van der Waals surface area contributed by atoms with Gasteiger partial charge in [0.05, 0.1) is 10.2 Å². The molecule has 1 amide bonds. The number of fused-ring (bicyclic) bond motifs is 1. The van der Waals surface area contributed by atoms with E-state index in [0.717, 1.165) is 20.8 Å². The summed E-state index contributed by atoms with van der Waals surface area (Å²) in [6.07, 6.45) is 2.71. The standard InChI is InChI=1S/C23H17IN2O4S/c1-14-2-9-18-19(12-14)31-23(26-18)15-3-5-16(6-4-15)25-21(27)13-29-22(28)11-8-17-7-10-20(24)30-17/h2-12H,13H2,1H3,(H,25,27)/b11-8+. The number of benzene rings is 2. The minimum absolute atomic E-state index is 0.377. The first-order valence-corrected chi connectivity index (χ1v) is 11.2. The number of hydrogen-bond donors (Lipinski definition) is 1. The van der Waals surface area contributed by atoms with E-state index >= 15 is 0 Å². The van der Waals surface area contributed by atoms with Crippen molar-refractivity contribution in [1.82, 2.24) is 4.98 Å². The predicted octanol–water partition coefficient (Wildman–Crippen LogP) is 5.66. The summed E-state index contributed by atoms with van der Waals surface area (Å²) in [5.74, 6) is -0.505. The van der Waals surface area contributed by atoms with Crippen molar-refractivity contribution in [3.8, 4) is 10.6 Å². The molecule has 0 aliphatic carbocycles. The Balaban J connectivity index is 1.31. The van der Waals surface area contributed by atoms with Crippen molar-refractivity contribution in [3.63, 3.8) is 0 Å². The molecule has 0 fully saturated rings. The number of esters is 1. The van der Waals surface area contributed by atoms with Crippen LogP contribution in [0.15, 0.2) is 65.1 Å². The van der Waals surface area contributed by atoms with Crippen molar-refractivity contribution < 1.29 is 18.7 Å². The van der Waals surface area contributed by atoms with Crippen molar-refractivity contribution in [2.45, 2.75) is 6.92 Å². The molecule has 31 heavy (non-hydrogen) atoms. The van der Waals surface area contributed by atoms with Crippen LogP contribution in [0.3, 0.4) is 0 Å². The number of nitrogens with zero attached hydrogens (tertiary/aromatic N) is 1. The van der Waals surface area contributed by atoms with Crippen molar-refractivity contribution in [2.24, 2.45) is 0 Å². The number of hydrogen-bond acceptors (Lipinski definition) is 6. The zero-order chi connectivity index (χ0) is 21.8. The number of aromatic nitrogens is 1. The highest BCUT2D eigenvalue weighted by Crippen LogP contribution is 2.31. The SMILES string of the molecule is Cc1ccc2nc(-c3ccc(NC(=O)COC(=O)/C=C/c4ccc(I)o4)cc3)sc2c1. The van der Waals surface area contributed by atoms with Gasteiger partial charge in [-0.05, 0) is 89.7 Å². The molecular weight excluding hydrogens is 527 g/mol. The summed E-state index contributed by atoms with van der Waals surface area (Å²) >= 11 is 3.66. The number of anilines is 1. The number of carbonyl (C=O) groups is 2. The third-order valence-corrected chi connectivity index (χ3v) is 5.93. The minimum Gasteiger partial charge on any atom is -0.452 e. The lowest BCUT2D eigenvalue weighted by atomic mass is 10.2. The highest BCUT2D eigenvalue weighted by Gasteiger charge is 2.09. The third kappa shape index (κ3) is 5.59. The van der Waals surface area contributed by atoms with Crippen LogP contribution < -0.4 is 5.32 Å². The Hall–Kier alpha value is -2.98. The van der Waals surface area contributed by atoms with Crippen LogP contribution in [0.25, 0.3) is 26.9 Å². The fourth-order valence-corrected chi connectivity index (χ4v) is 4.30. The monoisotopic (exact) mass is 544 g/mol. The summed E-state index contributed by atoms with van der Waals surface area (Å²) in [5, 5.41) is 3.63. The second-order valence-electron chi connectivity index (χ2n) is 6.70. The first kappa shape index (κ1) is 21.3. The van der Waals surface area contributed by atoms with Gasteiger partial charge in [0, 0.05) is 17.3 Å². The maximum atomic E-state index is 12.1. The number of furan rings is 1. The van der Waals surface area contributed by atoms with Gasteiger partial charge in [-0.25, -0.2) is 9.78 Å². The highest BCUT2D eigenvalue weighted by atomic mass is 127. The number of rotatable bonds is 6. The molecule has 0 spiro atoms. The van der Waals surface area contributed by atoms with E-state index in [0.29, 0.717) is 15.2 Å². The van der Waals surface area contributed by atoms with E-state index in [9.17, 15) is 9.59 Å². The van der Waals surface area contributed by atoms with Gasteiger partial charge in [-0.1, -0.05) is 6.07 Å². The zero-order valence-corrected chi connectivity index (χ0v) is 19.4. The number of nitrogens with one attached hydrogen (secondary N) is 1. The molecule has 156 valence electrons. The molecule has 0 saturated heterocycles. The summed E-state index contributed by atoms with van der Waals surface area (Å²) in [4.78, 5) is 28.5. The first-order valence-electron chi connectivity index (χ1n) is 9.34. The molecule has 1 N–H and O–H groups in total. The Morgan fingerprint density at radius 3 is 2.71 bits per heavy atom.